The normalized spacial score (nSPS) is 10.7. The van der Waals surface area contributed by atoms with E-state index in [1.807, 2.05) is 12.3 Å². The zero-order chi connectivity index (χ0) is 12.1. The van der Waals surface area contributed by atoms with Gasteiger partial charge in [0.15, 0.2) is 0 Å². The molecule has 2 aromatic rings. The van der Waals surface area contributed by atoms with Crippen LogP contribution in [0.25, 0.3) is 0 Å². The summed E-state index contributed by atoms with van der Waals surface area (Å²) < 4.78 is 2.29. The van der Waals surface area contributed by atoms with Crippen molar-refractivity contribution in [3.63, 3.8) is 0 Å². The second kappa shape index (κ2) is 6.64. The second-order valence-corrected chi connectivity index (χ2v) is 6.93. The molecule has 5 heteroatoms. The third kappa shape index (κ3) is 4.17. The Labute approximate surface area is 122 Å². The average Bonchev–Trinajstić information content (AvgIpc) is 2.66. The number of rotatable bonds is 5. The number of nitrogens with zero attached hydrogens (tertiary/aromatic N) is 1. The van der Waals surface area contributed by atoms with E-state index in [-0.39, 0.29) is 0 Å². The predicted octanol–water partition coefficient (Wildman–Crippen LogP) is 4.00. The van der Waals surface area contributed by atoms with E-state index in [2.05, 4.69) is 54.3 Å². The van der Waals surface area contributed by atoms with Crippen molar-refractivity contribution in [2.24, 2.45) is 0 Å². The number of nitrogens with one attached hydrogen (secondary N) is 1. The van der Waals surface area contributed by atoms with E-state index < -0.39 is 0 Å². The van der Waals surface area contributed by atoms with Crippen LogP contribution in [-0.2, 0) is 13.0 Å². The summed E-state index contributed by atoms with van der Waals surface area (Å²) in [4.78, 5) is 5.43. The molecule has 0 aliphatic carbocycles. The van der Waals surface area contributed by atoms with Crippen LogP contribution >= 0.6 is 43.2 Å². The Morgan fingerprint density at radius 2 is 2.24 bits per heavy atom. The molecule has 0 saturated heterocycles. The van der Waals surface area contributed by atoms with E-state index in [4.69, 9.17) is 0 Å². The molecule has 0 atom stereocenters. The largest absolute Gasteiger partial charge is 0.312 e. The maximum absolute atomic E-state index is 4.10. The molecule has 2 aromatic heterocycles. The zero-order valence-electron chi connectivity index (χ0n) is 9.12. The van der Waals surface area contributed by atoms with Gasteiger partial charge in [-0.3, -0.25) is 4.98 Å². The molecule has 90 valence electrons. The lowest BCUT2D eigenvalue weighted by Gasteiger charge is -2.02. The summed E-state index contributed by atoms with van der Waals surface area (Å²) >= 11 is 8.74. The van der Waals surface area contributed by atoms with E-state index in [0.717, 1.165) is 27.8 Å². The first-order valence-corrected chi connectivity index (χ1v) is 7.69. The topological polar surface area (TPSA) is 24.9 Å². The maximum Gasteiger partial charge on any atom is 0.0843 e. The van der Waals surface area contributed by atoms with Crippen LogP contribution in [0.4, 0.5) is 0 Å². The van der Waals surface area contributed by atoms with Crippen LogP contribution in [-0.4, -0.2) is 11.5 Å². The summed E-state index contributed by atoms with van der Waals surface area (Å²) in [5, 5.41) is 3.43. The van der Waals surface area contributed by atoms with Gasteiger partial charge in [-0.1, -0.05) is 6.07 Å². The van der Waals surface area contributed by atoms with Crippen LogP contribution in [0.1, 0.15) is 10.4 Å². The van der Waals surface area contributed by atoms with Crippen molar-refractivity contribution in [2.45, 2.75) is 13.0 Å². The fraction of sp³-hybridized carbons (Fsp3) is 0.250. The summed E-state index contributed by atoms with van der Waals surface area (Å²) in [5.74, 6) is 0. The van der Waals surface area contributed by atoms with E-state index in [0.29, 0.717) is 0 Å². The Balaban J connectivity index is 1.73. The highest BCUT2D eigenvalue weighted by Crippen LogP contribution is 2.32. The van der Waals surface area contributed by atoms with Crippen molar-refractivity contribution < 1.29 is 0 Å². The third-order valence-corrected chi connectivity index (χ3v) is 5.56. The highest BCUT2D eigenvalue weighted by molar-refractivity contribution is 9.13. The van der Waals surface area contributed by atoms with Gasteiger partial charge in [-0.25, -0.2) is 0 Å². The molecule has 0 bridgehead atoms. The van der Waals surface area contributed by atoms with Crippen LogP contribution in [0.2, 0.25) is 0 Å². The fourth-order valence-corrected chi connectivity index (χ4v) is 3.62. The van der Waals surface area contributed by atoms with Crippen LogP contribution < -0.4 is 5.32 Å². The highest BCUT2D eigenvalue weighted by atomic mass is 79.9. The molecular weight excluding hydrogens is 364 g/mol. The van der Waals surface area contributed by atoms with Gasteiger partial charge in [0.2, 0.25) is 0 Å². The first-order valence-electron chi connectivity index (χ1n) is 5.29. The zero-order valence-corrected chi connectivity index (χ0v) is 13.1. The van der Waals surface area contributed by atoms with Crippen LogP contribution in [0.5, 0.6) is 0 Å². The van der Waals surface area contributed by atoms with Crippen LogP contribution in [0, 0.1) is 0 Å². The Kier molecular flexibility index (Phi) is 5.16. The minimum absolute atomic E-state index is 0.912. The number of hydrogen-bond acceptors (Lipinski definition) is 3. The number of pyridine rings is 1. The SMILES string of the molecule is Brc1cc(CNCCc2cccnc2)sc1Br. The van der Waals surface area contributed by atoms with Gasteiger partial charge >= 0.3 is 0 Å². The summed E-state index contributed by atoms with van der Waals surface area (Å²) in [6, 6.07) is 6.22. The second-order valence-electron chi connectivity index (χ2n) is 3.62. The monoisotopic (exact) mass is 374 g/mol. The molecule has 0 aliphatic heterocycles. The van der Waals surface area contributed by atoms with E-state index in [1.165, 1.54) is 10.4 Å². The molecule has 0 amide bonds. The Bertz CT molecular complexity index is 451. The van der Waals surface area contributed by atoms with E-state index in [9.17, 15) is 0 Å². The summed E-state index contributed by atoms with van der Waals surface area (Å²) in [6.45, 7) is 1.88. The van der Waals surface area contributed by atoms with E-state index >= 15 is 0 Å². The predicted molar refractivity (Wildman–Crippen MR) is 79.4 cm³/mol. The number of hydrogen-bond donors (Lipinski definition) is 1. The fourth-order valence-electron chi connectivity index (χ4n) is 1.47. The molecule has 17 heavy (non-hydrogen) atoms. The quantitative estimate of drug-likeness (QED) is 0.799. The maximum atomic E-state index is 4.10. The Morgan fingerprint density at radius 3 is 2.88 bits per heavy atom. The van der Waals surface area contributed by atoms with Crippen LogP contribution in [0.15, 0.2) is 38.9 Å². The van der Waals surface area contributed by atoms with Gasteiger partial charge < -0.3 is 5.32 Å². The summed E-state index contributed by atoms with van der Waals surface area (Å²) in [5.41, 5.74) is 1.27. The lowest BCUT2D eigenvalue weighted by molar-refractivity contribution is 0.692. The Hall–Kier alpha value is -0.230. The van der Waals surface area contributed by atoms with Gasteiger partial charge in [0.25, 0.3) is 0 Å². The summed E-state index contributed by atoms with van der Waals surface area (Å²) in [7, 11) is 0. The molecule has 0 aliphatic rings. The van der Waals surface area contributed by atoms with Gasteiger partial charge in [0, 0.05) is 28.3 Å². The van der Waals surface area contributed by atoms with Gasteiger partial charge in [-0.05, 0) is 62.5 Å². The Morgan fingerprint density at radius 1 is 1.35 bits per heavy atom. The molecule has 0 spiro atoms. The number of halogens is 2. The minimum Gasteiger partial charge on any atom is -0.312 e. The van der Waals surface area contributed by atoms with Gasteiger partial charge in [0.05, 0.1) is 3.79 Å². The molecular formula is C12H12Br2N2S. The van der Waals surface area contributed by atoms with Crippen LogP contribution in [0.3, 0.4) is 0 Å². The van der Waals surface area contributed by atoms with Crippen molar-refractivity contribution in [1.82, 2.24) is 10.3 Å². The minimum atomic E-state index is 0.912. The molecule has 0 aromatic carbocycles. The lowest BCUT2D eigenvalue weighted by atomic mass is 10.2. The third-order valence-electron chi connectivity index (χ3n) is 2.31. The molecule has 0 radical (unpaired) electrons. The van der Waals surface area contributed by atoms with Gasteiger partial charge in [-0.2, -0.15) is 0 Å². The van der Waals surface area contributed by atoms with Crippen molar-refractivity contribution in [1.29, 1.82) is 0 Å². The van der Waals surface area contributed by atoms with Crippen molar-refractivity contribution >= 4 is 43.2 Å². The highest BCUT2D eigenvalue weighted by Gasteiger charge is 2.03. The molecule has 0 fully saturated rings. The molecule has 2 rings (SSSR count). The lowest BCUT2D eigenvalue weighted by Crippen LogP contribution is -2.15. The summed E-state index contributed by atoms with van der Waals surface area (Å²) in [6.07, 6.45) is 4.74. The van der Waals surface area contributed by atoms with Gasteiger partial charge in [-0.15, -0.1) is 11.3 Å². The van der Waals surface area contributed by atoms with Crippen molar-refractivity contribution in [3.05, 3.63) is 49.3 Å². The smallest absolute Gasteiger partial charge is 0.0843 e. The first kappa shape index (κ1) is 13.2. The first-order chi connectivity index (χ1) is 8.25. The standard InChI is InChI=1S/C12H12Br2N2S/c13-11-6-10(17-12(11)14)8-16-5-3-9-2-1-4-15-7-9/h1-2,4,6-7,16H,3,5,8H2. The molecule has 2 heterocycles. The molecule has 0 saturated carbocycles. The number of thiophene rings is 1. The van der Waals surface area contributed by atoms with Crippen molar-refractivity contribution in [3.8, 4) is 0 Å². The molecule has 1 N–H and O–H groups in total. The average molecular weight is 376 g/mol. The van der Waals surface area contributed by atoms with Gasteiger partial charge in [0.1, 0.15) is 0 Å². The number of aromatic nitrogens is 1. The molecule has 2 nitrogen and oxygen atoms in total. The van der Waals surface area contributed by atoms with E-state index in [1.54, 1.807) is 17.5 Å². The molecule has 0 unspecified atom stereocenters. The van der Waals surface area contributed by atoms with Crippen molar-refractivity contribution in [2.75, 3.05) is 6.54 Å².